The van der Waals surface area contributed by atoms with Crippen molar-refractivity contribution in [3.05, 3.63) is 76.8 Å². The van der Waals surface area contributed by atoms with Gasteiger partial charge in [0.15, 0.2) is 5.69 Å². The fourth-order valence-electron chi connectivity index (χ4n) is 4.70. The lowest BCUT2D eigenvalue weighted by Crippen LogP contribution is -2.20. The Morgan fingerprint density at radius 2 is 2.06 bits per heavy atom. The van der Waals surface area contributed by atoms with Gasteiger partial charge in [0.05, 0.1) is 19.6 Å². The van der Waals surface area contributed by atoms with E-state index in [0.717, 1.165) is 60.2 Å². The zero-order chi connectivity index (χ0) is 22.5. The van der Waals surface area contributed by atoms with Gasteiger partial charge in [0.2, 0.25) is 0 Å². The summed E-state index contributed by atoms with van der Waals surface area (Å²) >= 11 is 0. The Morgan fingerprint density at radius 1 is 1.25 bits per heavy atom. The molecule has 0 aliphatic carbocycles. The van der Waals surface area contributed by atoms with Crippen LogP contribution >= 0.6 is 0 Å². The summed E-state index contributed by atoms with van der Waals surface area (Å²) in [6.07, 6.45) is 4.58. The standard InChI is InChI=1S/C27H30N2O3/c1-4-32-27(30)16-23(21-7-5-6-19(2)14-21)25-18-29(17-20-10-12-31-13-11-20)26-9-8-22(28-3)15-24(25)26/h5-9,14-15,18,20,23H,4,10-13,16-17H2,1-2H3. The lowest BCUT2D eigenvalue weighted by Gasteiger charge is -2.23. The van der Waals surface area contributed by atoms with E-state index in [2.05, 4.69) is 40.7 Å². The van der Waals surface area contributed by atoms with Crippen LogP contribution < -0.4 is 0 Å². The molecule has 1 aliphatic rings. The first-order valence-electron chi connectivity index (χ1n) is 11.4. The normalized spacial score (nSPS) is 15.4. The molecule has 0 saturated carbocycles. The molecule has 0 radical (unpaired) electrons. The molecule has 3 aromatic rings. The monoisotopic (exact) mass is 430 g/mol. The van der Waals surface area contributed by atoms with E-state index in [1.54, 1.807) is 0 Å². The fraction of sp³-hybridized carbons (Fsp3) is 0.407. The molecule has 1 atom stereocenters. The average Bonchev–Trinajstić information content (AvgIpc) is 3.15. The number of rotatable bonds is 7. The summed E-state index contributed by atoms with van der Waals surface area (Å²) in [4.78, 5) is 16.2. The molecule has 1 unspecified atom stereocenters. The van der Waals surface area contributed by atoms with Crippen molar-refractivity contribution in [2.75, 3.05) is 19.8 Å². The molecule has 5 heteroatoms. The molecule has 0 spiro atoms. The van der Waals surface area contributed by atoms with E-state index >= 15 is 0 Å². The number of carbonyl (C=O) groups is 1. The van der Waals surface area contributed by atoms with E-state index in [1.807, 2.05) is 31.2 Å². The summed E-state index contributed by atoms with van der Waals surface area (Å²) in [6.45, 7) is 14.3. The van der Waals surface area contributed by atoms with E-state index in [-0.39, 0.29) is 18.3 Å². The quantitative estimate of drug-likeness (QED) is 0.340. The van der Waals surface area contributed by atoms with E-state index in [4.69, 9.17) is 16.0 Å². The zero-order valence-electron chi connectivity index (χ0n) is 18.8. The topological polar surface area (TPSA) is 44.8 Å². The maximum absolute atomic E-state index is 12.6. The number of hydrogen-bond donors (Lipinski definition) is 0. The van der Waals surface area contributed by atoms with Gasteiger partial charge in [-0.1, -0.05) is 35.9 Å². The number of benzene rings is 2. The number of nitrogens with zero attached hydrogens (tertiary/aromatic N) is 2. The van der Waals surface area contributed by atoms with E-state index in [1.165, 1.54) is 0 Å². The van der Waals surface area contributed by atoms with Crippen LogP contribution in [0.5, 0.6) is 0 Å². The second-order valence-corrected chi connectivity index (χ2v) is 8.58. The lowest BCUT2D eigenvalue weighted by molar-refractivity contribution is -0.143. The fourth-order valence-corrected chi connectivity index (χ4v) is 4.70. The molecule has 0 amide bonds. The van der Waals surface area contributed by atoms with E-state index < -0.39 is 0 Å². The van der Waals surface area contributed by atoms with Crippen molar-refractivity contribution in [3.63, 3.8) is 0 Å². The molecule has 166 valence electrons. The van der Waals surface area contributed by atoms with Crippen LogP contribution in [0.2, 0.25) is 0 Å². The van der Waals surface area contributed by atoms with Crippen molar-refractivity contribution in [2.45, 2.75) is 45.6 Å². The molecule has 2 heterocycles. The van der Waals surface area contributed by atoms with E-state index in [9.17, 15) is 4.79 Å². The number of fused-ring (bicyclic) bond motifs is 1. The van der Waals surface area contributed by atoms with Gasteiger partial charge in [0, 0.05) is 37.4 Å². The highest BCUT2D eigenvalue weighted by Crippen LogP contribution is 2.37. The first-order valence-corrected chi connectivity index (χ1v) is 11.4. The third-order valence-corrected chi connectivity index (χ3v) is 6.32. The van der Waals surface area contributed by atoms with Crippen molar-refractivity contribution in [3.8, 4) is 0 Å². The molecule has 32 heavy (non-hydrogen) atoms. The Balaban J connectivity index is 1.82. The lowest BCUT2D eigenvalue weighted by atomic mass is 9.87. The van der Waals surface area contributed by atoms with Crippen LogP contribution in [-0.2, 0) is 20.8 Å². The van der Waals surface area contributed by atoms with Gasteiger partial charge < -0.3 is 14.0 Å². The number of hydrogen-bond acceptors (Lipinski definition) is 3. The van der Waals surface area contributed by atoms with Gasteiger partial charge in [-0.05, 0) is 61.3 Å². The Morgan fingerprint density at radius 3 is 2.78 bits per heavy atom. The van der Waals surface area contributed by atoms with Crippen LogP contribution in [0.15, 0.2) is 48.7 Å². The third kappa shape index (κ3) is 4.87. The molecule has 1 aromatic heterocycles. The van der Waals surface area contributed by atoms with Gasteiger partial charge in [-0.15, -0.1) is 0 Å². The number of aryl methyl sites for hydroxylation is 1. The van der Waals surface area contributed by atoms with Crippen LogP contribution in [0.25, 0.3) is 15.7 Å². The first kappa shape index (κ1) is 22.1. The molecule has 1 aliphatic heterocycles. The minimum absolute atomic E-state index is 0.131. The maximum atomic E-state index is 12.6. The highest BCUT2D eigenvalue weighted by molar-refractivity contribution is 5.89. The third-order valence-electron chi connectivity index (χ3n) is 6.32. The second-order valence-electron chi connectivity index (χ2n) is 8.58. The molecule has 1 saturated heterocycles. The Labute approximate surface area is 189 Å². The van der Waals surface area contributed by atoms with Crippen molar-refractivity contribution in [2.24, 2.45) is 5.92 Å². The smallest absolute Gasteiger partial charge is 0.306 e. The number of esters is 1. The summed E-state index contributed by atoms with van der Waals surface area (Å²) in [5, 5.41) is 1.04. The molecule has 0 bridgehead atoms. The highest BCUT2D eigenvalue weighted by Gasteiger charge is 2.25. The molecule has 4 rings (SSSR count). The largest absolute Gasteiger partial charge is 0.466 e. The van der Waals surface area contributed by atoms with Gasteiger partial charge in [0.1, 0.15) is 0 Å². The van der Waals surface area contributed by atoms with Crippen LogP contribution in [0.1, 0.15) is 48.8 Å². The van der Waals surface area contributed by atoms with Crippen molar-refractivity contribution in [1.29, 1.82) is 0 Å². The van der Waals surface area contributed by atoms with Crippen LogP contribution in [0.3, 0.4) is 0 Å². The molecule has 2 aromatic carbocycles. The number of aromatic nitrogens is 1. The number of carbonyl (C=O) groups excluding carboxylic acids is 1. The average molecular weight is 431 g/mol. The van der Waals surface area contributed by atoms with Crippen molar-refractivity contribution in [1.82, 2.24) is 4.57 Å². The van der Waals surface area contributed by atoms with Gasteiger partial charge in [0.25, 0.3) is 0 Å². The summed E-state index contributed by atoms with van der Waals surface area (Å²) in [5.41, 5.74) is 5.05. The summed E-state index contributed by atoms with van der Waals surface area (Å²) in [7, 11) is 0. The van der Waals surface area contributed by atoms with Crippen molar-refractivity contribution >= 4 is 22.6 Å². The number of ether oxygens (including phenoxy) is 2. The predicted octanol–water partition coefficient (Wildman–Crippen LogP) is 6.01. The second kappa shape index (κ2) is 10.0. The van der Waals surface area contributed by atoms with Gasteiger partial charge in [-0.3, -0.25) is 4.79 Å². The van der Waals surface area contributed by atoms with Crippen molar-refractivity contribution < 1.29 is 14.3 Å². The first-order chi connectivity index (χ1) is 15.6. The van der Waals surface area contributed by atoms with Gasteiger partial charge in [-0.25, -0.2) is 4.85 Å². The van der Waals surface area contributed by atoms with E-state index in [0.29, 0.717) is 18.2 Å². The van der Waals surface area contributed by atoms with Crippen LogP contribution in [0, 0.1) is 19.4 Å². The maximum Gasteiger partial charge on any atom is 0.306 e. The SMILES string of the molecule is [C-]#[N+]c1ccc2c(c1)c(C(CC(=O)OCC)c1cccc(C)c1)cn2CC1CCOCC1. The molecule has 0 N–H and O–H groups in total. The molecule has 5 nitrogen and oxygen atoms in total. The minimum Gasteiger partial charge on any atom is -0.466 e. The van der Waals surface area contributed by atoms with Gasteiger partial charge >= 0.3 is 5.97 Å². The molecular formula is C27H30N2O3. The molecular weight excluding hydrogens is 400 g/mol. The summed E-state index contributed by atoms with van der Waals surface area (Å²) in [6, 6.07) is 14.2. The van der Waals surface area contributed by atoms with Gasteiger partial charge in [-0.2, -0.15) is 0 Å². The highest BCUT2D eigenvalue weighted by atomic mass is 16.5. The molecule has 1 fully saturated rings. The summed E-state index contributed by atoms with van der Waals surface area (Å²) < 4.78 is 13.2. The predicted molar refractivity (Wildman–Crippen MR) is 126 cm³/mol. The Kier molecular flexibility index (Phi) is 6.92. The Bertz CT molecular complexity index is 1140. The minimum atomic E-state index is -0.203. The van der Waals surface area contributed by atoms with Crippen LogP contribution in [0.4, 0.5) is 5.69 Å². The van der Waals surface area contributed by atoms with Crippen LogP contribution in [-0.4, -0.2) is 30.4 Å². The Hall–Kier alpha value is -3.10. The zero-order valence-corrected chi connectivity index (χ0v) is 18.8. The summed E-state index contributed by atoms with van der Waals surface area (Å²) in [5.74, 6) is 0.231.